The number of aromatic nitrogens is 2. The molecular weight excluding hydrogens is 419 g/mol. The van der Waals surface area contributed by atoms with E-state index in [1.807, 2.05) is 18.2 Å². The Labute approximate surface area is 187 Å². The number of carbonyl (C=O) groups excluding carboxylic acids is 1. The lowest BCUT2D eigenvalue weighted by atomic mass is 9.92. The summed E-state index contributed by atoms with van der Waals surface area (Å²) >= 11 is 12.2. The molecule has 0 aliphatic carbocycles. The number of carbonyl (C=O) groups is 1. The van der Waals surface area contributed by atoms with Crippen molar-refractivity contribution in [1.82, 2.24) is 9.78 Å². The molecule has 0 bridgehead atoms. The summed E-state index contributed by atoms with van der Waals surface area (Å²) in [5.74, 6) is 1.00. The monoisotopic (exact) mass is 444 g/mol. The number of amides is 2. The van der Waals surface area contributed by atoms with Gasteiger partial charge in [-0.1, -0.05) is 76.0 Å². The summed E-state index contributed by atoms with van der Waals surface area (Å²) < 4.78 is 1.74. The number of nitrogens with one attached hydrogen (secondary N) is 2. The van der Waals surface area contributed by atoms with Crippen LogP contribution in [0, 0.1) is 0 Å². The van der Waals surface area contributed by atoms with Gasteiger partial charge in [-0.05, 0) is 35.7 Å². The molecule has 7 heteroatoms. The molecule has 5 nitrogen and oxygen atoms in total. The van der Waals surface area contributed by atoms with E-state index in [1.54, 1.807) is 22.9 Å². The third-order valence-electron chi connectivity index (χ3n) is 4.72. The van der Waals surface area contributed by atoms with Crippen LogP contribution in [0.3, 0.4) is 0 Å². The van der Waals surface area contributed by atoms with Crippen molar-refractivity contribution in [2.75, 3.05) is 10.6 Å². The first-order valence-corrected chi connectivity index (χ1v) is 10.5. The Morgan fingerprint density at radius 2 is 1.70 bits per heavy atom. The van der Waals surface area contributed by atoms with Gasteiger partial charge in [-0.25, -0.2) is 9.48 Å². The first-order chi connectivity index (χ1) is 14.1. The Kier molecular flexibility index (Phi) is 6.44. The topological polar surface area (TPSA) is 59.0 Å². The highest BCUT2D eigenvalue weighted by molar-refractivity contribution is 6.44. The average molecular weight is 445 g/mol. The fourth-order valence-electron chi connectivity index (χ4n) is 2.90. The maximum Gasteiger partial charge on any atom is 0.324 e. The Hall–Kier alpha value is -2.50. The van der Waals surface area contributed by atoms with Crippen LogP contribution in [-0.4, -0.2) is 15.8 Å². The summed E-state index contributed by atoms with van der Waals surface area (Å²) in [6.07, 6.45) is 0. The molecule has 2 aromatic carbocycles. The smallest absolute Gasteiger partial charge is 0.306 e. The summed E-state index contributed by atoms with van der Waals surface area (Å²) in [5.41, 5.74) is 3.24. The van der Waals surface area contributed by atoms with Crippen LogP contribution in [-0.2, 0) is 5.41 Å². The highest BCUT2D eigenvalue weighted by atomic mass is 35.5. The zero-order valence-corrected chi connectivity index (χ0v) is 19.3. The van der Waals surface area contributed by atoms with Crippen LogP contribution in [0.2, 0.25) is 10.0 Å². The van der Waals surface area contributed by atoms with E-state index in [-0.39, 0.29) is 5.41 Å². The summed E-state index contributed by atoms with van der Waals surface area (Å²) in [4.78, 5) is 12.7. The van der Waals surface area contributed by atoms with E-state index in [1.165, 1.54) is 5.56 Å². The van der Waals surface area contributed by atoms with Crippen LogP contribution in [0.1, 0.15) is 51.8 Å². The van der Waals surface area contributed by atoms with Gasteiger partial charge in [0.25, 0.3) is 0 Å². The molecule has 0 unspecified atom stereocenters. The maximum atomic E-state index is 12.7. The number of rotatable bonds is 4. The minimum absolute atomic E-state index is 0.174. The molecule has 0 atom stereocenters. The predicted molar refractivity (Wildman–Crippen MR) is 125 cm³/mol. The minimum atomic E-state index is -0.431. The Bertz CT molecular complexity index is 1050. The molecule has 158 valence electrons. The van der Waals surface area contributed by atoms with Crippen LogP contribution < -0.4 is 10.6 Å². The SMILES string of the molecule is CC(C)c1ccc(-n2nc(C(C)(C)C)cc2NC(=O)Nc2cccc(Cl)c2Cl)cc1. The Morgan fingerprint density at radius 3 is 2.30 bits per heavy atom. The van der Waals surface area contributed by atoms with E-state index in [9.17, 15) is 4.79 Å². The van der Waals surface area contributed by atoms with Gasteiger partial charge >= 0.3 is 6.03 Å². The molecule has 30 heavy (non-hydrogen) atoms. The molecule has 0 radical (unpaired) electrons. The normalized spacial score (nSPS) is 11.6. The van der Waals surface area contributed by atoms with Crippen molar-refractivity contribution >= 4 is 40.7 Å². The molecule has 1 aromatic heterocycles. The second kappa shape index (κ2) is 8.70. The van der Waals surface area contributed by atoms with Gasteiger partial charge in [0.1, 0.15) is 5.82 Å². The van der Waals surface area contributed by atoms with Crippen molar-refractivity contribution in [2.45, 2.75) is 46.0 Å². The highest BCUT2D eigenvalue weighted by Crippen LogP contribution is 2.30. The molecule has 3 aromatic rings. The first-order valence-electron chi connectivity index (χ1n) is 9.79. The van der Waals surface area contributed by atoms with E-state index in [0.29, 0.717) is 27.5 Å². The second-order valence-corrected chi connectivity index (χ2v) is 9.29. The minimum Gasteiger partial charge on any atom is -0.306 e. The largest absolute Gasteiger partial charge is 0.324 e. The summed E-state index contributed by atoms with van der Waals surface area (Å²) in [5, 5.41) is 11.0. The molecule has 0 saturated heterocycles. The fraction of sp³-hybridized carbons (Fsp3) is 0.304. The van der Waals surface area contributed by atoms with Gasteiger partial charge in [-0.2, -0.15) is 5.10 Å². The van der Waals surface area contributed by atoms with Crippen molar-refractivity contribution < 1.29 is 4.79 Å². The van der Waals surface area contributed by atoms with Gasteiger partial charge in [0.15, 0.2) is 0 Å². The second-order valence-electron chi connectivity index (χ2n) is 8.50. The lowest BCUT2D eigenvalue weighted by molar-refractivity contribution is 0.262. The van der Waals surface area contributed by atoms with Gasteiger partial charge in [-0.15, -0.1) is 0 Å². The molecule has 0 fully saturated rings. The summed E-state index contributed by atoms with van der Waals surface area (Å²) in [6, 6.07) is 14.7. The number of anilines is 2. The quantitative estimate of drug-likeness (QED) is 0.445. The van der Waals surface area contributed by atoms with E-state index >= 15 is 0 Å². The Balaban J connectivity index is 1.92. The van der Waals surface area contributed by atoms with Crippen LogP contribution in [0.4, 0.5) is 16.3 Å². The lowest BCUT2D eigenvalue weighted by Gasteiger charge is -2.14. The molecule has 1 heterocycles. The first kappa shape index (κ1) is 22.2. The maximum absolute atomic E-state index is 12.7. The highest BCUT2D eigenvalue weighted by Gasteiger charge is 2.22. The number of benzene rings is 2. The number of urea groups is 1. The Morgan fingerprint density at radius 1 is 1.03 bits per heavy atom. The summed E-state index contributed by atoms with van der Waals surface area (Å²) in [7, 11) is 0. The molecule has 0 saturated carbocycles. The average Bonchev–Trinajstić information content (AvgIpc) is 3.09. The van der Waals surface area contributed by atoms with Crippen molar-refractivity contribution in [3.8, 4) is 5.69 Å². The van der Waals surface area contributed by atoms with E-state index < -0.39 is 6.03 Å². The van der Waals surface area contributed by atoms with Crippen molar-refractivity contribution in [2.24, 2.45) is 0 Å². The van der Waals surface area contributed by atoms with Crippen LogP contribution in [0.25, 0.3) is 5.69 Å². The van der Waals surface area contributed by atoms with Gasteiger partial charge in [-0.3, -0.25) is 5.32 Å². The van der Waals surface area contributed by atoms with Gasteiger partial charge in [0.05, 0.1) is 27.1 Å². The van der Waals surface area contributed by atoms with E-state index in [4.69, 9.17) is 28.3 Å². The lowest BCUT2D eigenvalue weighted by Crippen LogP contribution is -2.21. The molecular formula is C23H26Cl2N4O. The molecule has 3 rings (SSSR count). The third-order valence-corrected chi connectivity index (χ3v) is 5.54. The van der Waals surface area contributed by atoms with Crippen LogP contribution in [0.5, 0.6) is 0 Å². The van der Waals surface area contributed by atoms with Crippen molar-refractivity contribution in [3.05, 3.63) is 69.8 Å². The summed E-state index contributed by atoms with van der Waals surface area (Å²) in [6.45, 7) is 10.5. The zero-order valence-electron chi connectivity index (χ0n) is 17.8. The van der Waals surface area contributed by atoms with Gasteiger partial charge < -0.3 is 5.32 Å². The number of hydrogen-bond acceptors (Lipinski definition) is 2. The molecule has 0 spiro atoms. The number of halogens is 2. The molecule has 2 amide bonds. The number of hydrogen-bond donors (Lipinski definition) is 2. The van der Waals surface area contributed by atoms with E-state index in [0.717, 1.165) is 11.4 Å². The number of nitrogens with zero attached hydrogens (tertiary/aromatic N) is 2. The third kappa shape index (κ3) is 4.97. The standard InChI is InChI=1S/C23H26Cl2N4O/c1-14(2)15-9-11-16(12-10-15)29-20(13-19(28-29)23(3,4)5)27-22(30)26-18-8-6-7-17(24)21(18)25/h6-14H,1-5H3,(H2,26,27,30). The van der Waals surface area contributed by atoms with Crippen molar-refractivity contribution in [1.29, 1.82) is 0 Å². The van der Waals surface area contributed by atoms with Crippen LogP contribution in [0.15, 0.2) is 48.5 Å². The predicted octanol–water partition coefficient (Wildman–Crippen LogP) is 7.24. The molecule has 2 N–H and O–H groups in total. The van der Waals surface area contributed by atoms with E-state index in [2.05, 4.69) is 57.4 Å². The molecule has 0 aliphatic heterocycles. The van der Waals surface area contributed by atoms with Gasteiger partial charge in [0, 0.05) is 11.5 Å². The van der Waals surface area contributed by atoms with Crippen LogP contribution >= 0.6 is 23.2 Å². The van der Waals surface area contributed by atoms with Gasteiger partial charge in [0.2, 0.25) is 0 Å². The zero-order chi connectivity index (χ0) is 22.1. The molecule has 0 aliphatic rings. The fourth-order valence-corrected chi connectivity index (χ4v) is 3.25. The van der Waals surface area contributed by atoms with Crippen molar-refractivity contribution in [3.63, 3.8) is 0 Å².